The first-order chi connectivity index (χ1) is 31.6. The molecule has 8 aromatic carbocycles. The van der Waals surface area contributed by atoms with Crippen LogP contribution in [0.1, 0.15) is 12.7 Å². The number of fused-ring (bicyclic) bond motifs is 7. The van der Waals surface area contributed by atoms with Gasteiger partial charge in [-0.05, 0) is 71.0 Å². The molecule has 0 fully saturated rings. The van der Waals surface area contributed by atoms with E-state index >= 15 is 0 Å². The van der Waals surface area contributed by atoms with Crippen molar-refractivity contribution in [1.29, 1.82) is 0 Å². The molecule has 3 aromatic heterocycles. The van der Waals surface area contributed by atoms with E-state index in [2.05, 4.69) is 199 Å². The molecular formula is C59H41N5. The quantitative estimate of drug-likeness (QED) is 0.108. The zero-order chi connectivity index (χ0) is 43.0. The highest BCUT2D eigenvalue weighted by Gasteiger charge is 2.20. The Bertz CT molecular complexity index is 3620. The van der Waals surface area contributed by atoms with Gasteiger partial charge in [-0.15, -0.1) is 0 Å². The highest BCUT2D eigenvalue weighted by Crippen LogP contribution is 2.42. The summed E-state index contributed by atoms with van der Waals surface area (Å²) in [5, 5.41) is 5.73. The molecule has 0 unspecified atom stereocenters. The molecule has 0 radical (unpaired) electrons. The fourth-order valence-electron chi connectivity index (χ4n) is 8.86. The van der Waals surface area contributed by atoms with Crippen molar-refractivity contribution in [2.75, 3.05) is 0 Å². The van der Waals surface area contributed by atoms with Gasteiger partial charge in [0.2, 0.25) is 0 Å². The van der Waals surface area contributed by atoms with E-state index in [0.717, 1.165) is 94.0 Å². The van der Waals surface area contributed by atoms with Gasteiger partial charge in [-0.3, -0.25) is 0 Å². The Morgan fingerprint density at radius 1 is 0.453 bits per heavy atom. The molecule has 5 heteroatoms. The van der Waals surface area contributed by atoms with Gasteiger partial charge in [0.25, 0.3) is 0 Å². The van der Waals surface area contributed by atoms with Crippen molar-refractivity contribution in [1.82, 2.24) is 24.5 Å². The third-order valence-corrected chi connectivity index (χ3v) is 11.9. The second-order valence-corrected chi connectivity index (χ2v) is 15.8. The zero-order valence-electron chi connectivity index (χ0n) is 35.2. The largest absolute Gasteiger partial charge is 0.307 e. The predicted octanol–water partition coefficient (Wildman–Crippen LogP) is 15.2. The molecule has 0 bridgehead atoms. The first-order valence-electron chi connectivity index (χ1n) is 21.5. The zero-order valence-corrected chi connectivity index (χ0v) is 35.2. The molecular weight excluding hydrogens is 779 g/mol. The Morgan fingerprint density at radius 3 is 1.69 bits per heavy atom. The van der Waals surface area contributed by atoms with E-state index in [9.17, 15) is 0 Å². The summed E-state index contributed by atoms with van der Waals surface area (Å²) in [6.07, 6.45) is 7.74. The Labute approximate surface area is 371 Å². The van der Waals surface area contributed by atoms with Crippen LogP contribution in [0.4, 0.5) is 0 Å². The highest BCUT2D eigenvalue weighted by molar-refractivity contribution is 6.23. The lowest BCUT2D eigenvalue weighted by Crippen LogP contribution is -2.02. The summed E-state index contributed by atoms with van der Waals surface area (Å²) in [6.45, 7) is 6.10. The molecule has 5 nitrogen and oxygen atoms in total. The second kappa shape index (κ2) is 16.4. The molecule has 0 aliphatic rings. The summed E-state index contributed by atoms with van der Waals surface area (Å²) >= 11 is 0. The van der Waals surface area contributed by atoms with Gasteiger partial charge < -0.3 is 4.57 Å². The van der Waals surface area contributed by atoms with Gasteiger partial charge in [-0.2, -0.15) is 0 Å². The molecule has 11 aromatic rings. The maximum Gasteiger partial charge on any atom is 0.164 e. The Morgan fingerprint density at radius 2 is 1.02 bits per heavy atom. The van der Waals surface area contributed by atoms with E-state index in [1.54, 1.807) is 6.08 Å². The Kier molecular flexibility index (Phi) is 9.83. The van der Waals surface area contributed by atoms with E-state index in [0.29, 0.717) is 17.5 Å². The molecule has 3 heterocycles. The minimum Gasteiger partial charge on any atom is -0.307 e. The average molecular weight is 820 g/mol. The van der Waals surface area contributed by atoms with Gasteiger partial charge in [0, 0.05) is 49.5 Å². The normalized spacial score (nSPS) is 11.9. The van der Waals surface area contributed by atoms with Crippen molar-refractivity contribution in [2.24, 2.45) is 0 Å². The van der Waals surface area contributed by atoms with Crippen LogP contribution in [0.3, 0.4) is 0 Å². The molecule has 11 rings (SSSR count). The van der Waals surface area contributed by atoms with Crippen molar-refractivity contribution < 1.29 is 0 Å². The molecule has 302 valence electrons. The first kappa shape index (κ1) is 38.4. The molecule has 0 amide bonds. The standard InChI is InChI=1S/C59H41N5/c1-3-5-19-39(4-2)57-61-58(45-26-17-24-42(36-45)40-20-9-6-10-21-40)63-59(62-57)46-27-18-25-43(37-46)44-32-35-53-52(38-44)51-34-33-50-48-30-15-16-31-49(48)54(41-22-11-7-12-23-41)60-55(50)56(51)64(53)47-28-13-8-14-29-47/h3-38H,2H2,1H3/b5-3-,39-19+. The molecule has 0 saturated heterocycles. The van der Waals surface area contributed by atoms with E-state index in [1.165, 1.54) is 5.39 Å². The third kappa shape index (κ3) is 6.86. The number of allylic oxidation sites excluding steroid dienone is 5. The first-order valence-corrected chi connectivity index (χ1v) is 21.5. The lowest BCUT2D eigenvalue weighted by molar-refractivity contribution is 1.04. The molecule has 0 atom stereocenters. The van der Waals surface area contributed by atoms with Crippen LogP contribution in [-0.4, -0.2) is 24.5 Å². The number of nitrogens with zero attached hydrogens (tertiary/aromatic N) is 5. The van der Waals surface area contributed by atoms with Crippen molar-refractivity contribution in [3.05, 3.63) is 231 Å². The van der Waals surface area contributed by atoms with E-state index in [-0.39, 0.29) is 0 Å². The fourth-order valence-corrected chi connectivity index (χ4v) is 8.86. The van der Waals surface area contributed by atoms with E-state index < -0.39 is 0 Å². The topological polar surface area (TPSA) is 56.5 Å². The van der Waals surface area contributed by atoms with Gasteiger partial charge >= 0.3 is 0 Å². The van der Waals surface area contributed by atoms with Gasteiger partial charge in [0.15, 0.2) is 17.5 Å². The highest BCUT2D eigenvalue weighted by atomic mass is 15.0. The van der Waals surface area contributed by atoms with E-state index in [1.807, 2.05) is 31.2 Å². The van der Waals surface area contributed by atoms with Gasteiger partial charge in [0.1, 0.15) is 0 Å². The lowest BCUT2D eigenvalue weighted by Gasteiger charge is -2.13. The van der Waals surface area contributed by atoms with Crippen molar-refractivity contribution in [3.8, 4) is 62.0 Å². The number of rotatable bonds is 9. The summed E-state index contributed by atoms with van der Waals surface area (Å²) < 4.78 is 2.38. The van der Waals surface area contributed by atoms with E-state index in [4.69, 9.17) is 19.9 Å². The SMILES string of the molecule is C=C/C(=C\C=C/C)c1nc(-c2cccc(-c3ccccc3)c2)nc(-c2cccc(-c3ccc4c(c3)c3ccc5c6ccccc6c(-c6ccccc6)nc5c3n4-c3ccccc3)c2)n1. The van der Waals surface area contributed by atoms with Crippen molar-refractivity contribution in [2.45, 2.75) is 6.92 Å². The van der Waals surface area contributed by atoms with Crippen LogP contribution in [0.2, 0.25) is 0 Å². The molecule has 0 saturated carbocycles. The average Bonchev–Trinajstić information content (AvgIpc) is 3.71. The number of benzene rings is 8. The molecule has 64 heavy (non-hydrogen) atoms. The molecule has 0 aliphatic carbocycles. The summed E-state index contributed by atoms with van der Waals surface area (Å²) in [7, 11) is 0. The monoisotopic (exact) mass is 819 g/mol. The number of hydrogen-bond donors (Lipinski definition) is 0. The summed E-state index contributed by atoms with van der Waals surface area (Å²) in [6, 6.07) is 68.3. The Hall–Kier alpha value is -8.54. The fraction of sp³-hybridized carbons (Fsp3) is 0.0169. The van der Waals surface area contributed by atoms with Crippen molar-refractivity contribution in [3.63, 3.8) is 0 Å². The van der Waals surface area contributed by atoms with Crippen LogP contribution in [0.5, 0.6) is 0 Å². The second-order valence-electron chi connectivity index (χ2n) is 15.8. The number of para-hydroxylation sites is 1. The maximum atomic E-state index is 5.55. The van der Waals surface area contributed by atoms with Crippen LogP contribution in [0.25, 0.3) is 111 Å². The molecule has 0 N–H and O–H groups in total. The van der Waals surface area contributed by atoms with Crippen LogP contribution in [0, 0.1) is 0 Å². The molecule has 0 aliphatic heterocycles. The lowest BCUT2D eigenvalue weighted by atomic mass is 9.98. The van der Waals surface area contributed by atoms with Crippen LogP contribution < -0.4 is 0 Å². The maximum absolute atomic E-state index is 5.55. The predicted molar refractivity (Wildman–Crippen MR) is 267 cm³/mol. The number of pyridine rings is 1. The smallest absolute Gasteiger partial charge is 0.164 e. The Balaban J connectivity index is 1.09. The summed E-state index contributed by atoms with van der Waals surface area (Å²) in [5.74, 6) is 1.74. The van der Waals surface area contributed by atoms with Gasteiger partial charge in [0.05, 0.1) is 22.2 Å². The minimum absolute atomic E-state index is 0.558. The summed E-state index contributed by atoms with van der Waals surface area (Å²) in [4.78, 5) is 20.8. The molecule has 0 spiro atoms. The van der Waals surface area contributed by atoms with Crippen molar-refractivity contribution >= 4 is 49.1 Å². The van der Waals surface area contributed by atoms with Gasteiger partial charge in [-0.1, -0.05) is 189 Å². The van der Waals surface area contributed by atoms with Crippen LogP contribution in [0.15, 0.2) is 225 Å². The van der Waals surface area contributed by atoms with Gasteiger partial charge in [-0.25, -0.2) is 19.9 Å². The third-order valence-electron chi connectivity index (χ3n) is 11.9. The van der Waals surface area contributed by atoms with Crippen LogP contribution >= 0.6 is 0 Å². The van der Waals surface area contributed by atoms with Crippen LogP contribution in [-0.2, 0) is 0 Å². The number of aromatic nitrogens is 5. The minimum atomic E-state index is 0.558. The summed E-state index contributed by atoms with van der Waals surface area (Å²) in [5.41, 5.74) is 13.3. The number of hydrogen-bond acceptors (Lipinski definition) is 4.